The lowest BCUT2D eigenvalue weighted by molar-refractivity contribution is 0.345. The lowest BCUT2D eigenvalue weighted by atomic mass is 9.87. The SMILES string of the molecule is CC(C)NCC1CCCCCC1c1ncnn1C. The minimum atomic E-state index is 0.563. The second-order valence-corrected chi connectivity index (χ2v) is 5.81. The van der Waals surface area contributed by atoms with Crippen molar-refractivity contribution in [3.05, 3.63) is 12.2 Å². The van der Waals surface area contributed by atoms with Crippen LogP contribution in [-0.2, 0) is 7.05 Å². The van der Waals surface area contributed by atoms with Gasteiger partial charge in [-0.2, -0.15) is 5.10 Å². The van der Waals surface area contributed by atoms with Crippen molar-refractivity contribution in [1.29, 1.82) is 0 Å². The van der Waals surface area contributed by atoms with Crippen molar-refractivity contribution in [2.45, 2.75) is 57.9 Å². The predicted octanol–water partition coefficient (Wildman–Crippen LogP) is 2.48. The van der Waals surface area contributed by atoms with Gasteiger partial charge in [0.15, 0.2) is 0 Å². The van der Waals surface area contributed by atoms with Crippen LogP contribution in [0.3, 0.4) is 0 Å². The lowest BCUT2D eigenvalue weighted by Crippen LogP contribution is -2.32. The van der Waals surface area contributed by atoms with Crippen LogP contribution < -0.4 is 5.32 Å². The summed E-state index contributed by atoms with van der Waals surface area (Å²) in [5.41, 5.74) is 0. The Bertz CT molecular complexity index is 358. The summed E-state index contributed by atoms with van der Waals surface area (Å²) in [5.74, 6) is 2.46. The van der Waals surface area contributed by atoms with Crippen LogP contribution in [0, 0.1) is 5.92 Å². The number of aryl methyl sites for hydroxylation is 1. The Kier molecular flexibility index (Phi) is 4.75. The smallest absolute Gasteiger partial charge is 0.138 e. The minimum Gasteiger partial charge on any atom is -0.314 e. The van der Waals surface area contributed by atoms with Crippen LogP contribution in [0.5, 0.6) is 0 Å². The van der Waals surface area contributed by atoms with Gasteiger partial charge in [-0.1, -0.05) is 33.1 Å². The normalized spacial score (nSPS) is 25.3. The number of nitrogens with one attached hydrogen (secondary N) is 1. The van der Waals surface area contributed by atoms with Crippen molar-refractivity contribution in [2.75, 3.05) is 6.54 Å². The van der Waals surface area contributed by atoms with E-state index in [9.17, 15) is 0 Å². The molecule has 1 N–H and O–H groups in total. The van der Waals surface area contributed by atoms with Gasteiger partial charge in [-0.05, 0) is 25.3 Å². The summed E-state index contributed by atoms with van der Waals surface area (Å²) in [4.78, 5) is 4.48. The molecule has 0 saturated heterocycles. The van der Waals surface area contributed by atoms with Gasteiger partial charge in [0.05, 0.1) is 0 Å². The Hall–Kier alpha value is -0.900. The molecule has 0 amide bonds. The summed E-state index contributed by atoms with van der Waals surface area (Å²) in [6.07, 6.45) is 8.32. The first-order valence-electron chi connectivity index (χ1n) is 7.25. The molecule has 1 aromatic heterocycles. The molecule has 102 valence electrons. The number of nitrogens with zero attached hydrogens (tertiary/aromatic N) is 3. The average molecular weight is 250 g/mol. The van der Waals surface area contributed by atoms with E-state index >= 15 is 0 Å². The van der Waals surface area contributed by atoms with Gasteiger partial charge >= 0.3 is 0 Å². The first-order valence-corrected chi connectivity index (χ1v) is 7.25. The molecule has 4 nitrogen and oxygen atoms in total. The molecule has 0 aromatic carbocycles. The first kappa shape index (κ1) is 13.5. The summed E-state index contributed by atoms with van der Waals surface area (Å²) >= 11 is 0. The molecule has 1 aromatic rings. The summed E-state index contributed by atoms with van der Waals surface area (Å²) < 4.78 is 1.96. The summed E-state index contributed by atoms with van der Waals surface area (Å²) in [5, 5.41) is 7.83. The molecule has 0 aliphatic heterocycles. The van der Waals surface area contributed by atoms with Crippen LogP contribution in [0.2, 0.25) is 0 Å². The highest BCUT2D eigenvalue weighted by molar-refractivity contribution is 5.00. The van der Waals surface area contributed by atoms with Gasteiger partial charge in [0.2, 0.25) is 0 Å². The quantitative estimate of drug-likeness (QED) is 0.835. The average Bonchev–Trinajstić information content (AvgIpc) is 2.63. The van der Waals surface area contributed by atoms with E-state index in [1.165, 1.54) is 37.9 Å². The Balaban J connectivity index is 2.09. The number of aromatic nitrogens is 3. The standard InChI is InChI=1S/C14H26N4/c1-11(2)15-9-12-7-5-4-6-8-13(12)14-16-10-17-18(14)3/h10-13,15H,4-9H2,1-3H3. The Labute approximate surface area is 110 Å². The van der Waals surface area contributed by atoms with Crippen molar-refractivity contribution in [1.82, 2.24) is 20.1 Å². The topological polar surface area (TPSA) is 42.7 Å². The fraction of sp³-hybridized carbons (Fsp3) is 0.857. The van der Waals surface area contributed by atoms with Gasteiger partial charge < -0.3 is 5.32 Å². The third kappa shape index (κ3) is 3.31. The van der Waals surface area contributed by atoms with E-state index in [0.717, 1.165) is 6.54 Å². The van der Waals surface area contributed by atoms with E-state index in [2.05, 4.69) is 29.2 Å². The molecule has 18 heavy (non-hydrogen) atoms. The third-order valence-electron chi connectivity index (χ3n) is 4.03. The highest BCUT2D eigenvalue weighted by Crippen LogP contribution is 2.35. The zero-order valence-corrected chi connectivity index (χ0v) is 11.9. The van der Waals surface area contributed by atoms with Crippen LogP contribution >= 0.6 is 0 Å². The highest BCUT2D eigenvalue weighted by atomic mass is 15.3. The summed E-state index contributed by atoms with van der Waals surface area (Å²) in [7, 11) is 2.01. The second-order valence-electron chi connectivity index (χ2n) is 5.81. The van der Waals surface area contributed by atoms with Crippen LogP contribution in [0.4, 0.5) is 0 Å². The molecule has 1 saturated carbocycles. The fourth-order valence-electron chi connectivity index (χ4n) is 3.00. The van der Waals surface area contributed by atoms with Crippen LogP contribution in [0.1, 0.15) is 57.7 Å². The maximum Gasteiger partial charge on any atom is 0.138 e. The number of hydrogen-bond acceptors (Lipinski definition) is 3. The summed E-state index contributed by atoms with van der Waals surface area (Å²) in [6, 6.07) is 0.563. The molecule has 0 radical (unpaired) electrons. The van der Waals surface area contributed by atoms with E-state index in [-0.39, 0.29) is 0 Å². The minimum absolute atomic E-state index is 0.563. The van der Waals surface area contributed by atoms with Crippen molar-refractivity contribution in [2.24, 2.45) is 13.0 Å². The number of hydrogen-bond donors (Lipinski definition) is 1. The molecule has 4 heteroatoms. The van der Waals surface area contributed by atoms with Crippen LogP contribution in [0.15, 0.2) is 6.33 Å². The zero-order chi connectivity index (χ0) is 13.0. The molecule has 2 unspecified atom stereocenters. The predicted molar refractivity (Wildman–Crippen MR) is 73.5 cm³/mol. The molecule has 2 rings (SSSR count). The van der Waals surface area contributed by atoms with Gasteiger partial charge in [-0.3, -0.25) is 4.68 Å². The molecule has 1 aliphatic carbocycles. The summed E-state index contributed by atoms with van der Waals surface area (Å²) in [6.45, 7) is 5.54. The molecular weight excluding hydrogens is 224 g/mol. The number of rotatable bonds is 4. The molecular formula is C14H26N4. The van der Waals surface area contributed by atoms with E-state index in [0.29, 0.717) is 17.9 Å². The van der Waals surface area contributed by atoms with Crippen molar-refractivity contribution >= 4 is 0 Å². The monoisotopic (exact) mass is 250 g/mol. The maximum atomic E-state index is 4.48. The van der Waals surface area contributed by atoms with Crippen LogP contribution in [0.25, 0.3) is 0 Å². The van der Waals surface area contributed by atoms with Crippen molar-refractivity contribution < 1.29 is 0 Å². The van der Waals surface area contributed by atoms with Crippen molar-refractivity contribution in [3.8, 4) is 0 Å². The van der Waals surface area contributed by atoms with Gasteiger partial charge in [0.1, 0.15) is 12.2 Å². The van der Waals surface area contributed by atoms with E-state index in [4.69, 9.17) is 0 Å². The van der Waals surface area contributed by atoms with E-state index in [1.54, 1.807) is 6.33 Å². The van der Waals surface area contributed by atoms with Crippen molar-refractivity contribution in [3.63, 3.8) is 0 Å². The Morgan fingerprint density at radius 2 is 2.11 bits per heavy atom. The molecule has 2 atom stereocenters. The molecule has 1 fully saturated rings. The molecule has 0 spiro atoms. The highest BCUT2D eigenvalue weighted by Gasteiger charge is 2.28. The van der Waals surface area contributed by atoms with E-state index < -0.39 is 0 Å². The van der Waals surface area contributed by atoms with Gasteiger partial charge in [-0.25, -0.2) is 4.98 Å². The third-order valence-corrected chi connectivity index (χ3v) is 4.03. The lowest BCUT2D eigenvalue weighted by Gasteiger charge is -2.25. The van der Waals surface area contributed by atoms with Gasteiger partial charge in [-0.15, -0.1) is 0 Å². The Morgan fingerprint density at radius 3 is 2.78 bits per heavy atom. The van der Waals surface area contributed by atoms with Gasteiger partial charge in [0.25, 0.3) is 0 Å². The van der Waals surface area contributed by atoms with E-state index in [1.807, 2.05) is 11.7 Å². The molecule has 1 heterocycles. The molecule has 0 bridgehead atoms. The maximum absolute atomic E-state index is 4.48. The van der Waals surface area contributed by atoms with Crippen LogP contribution in [-0.4, -0.2) is 27.4 Å². The second kappa shape index (κ2) is 6.32. The Morgan fingerprint density at radius 1 is 1.33 bits per heavy atom. The fourth-order valence-corrected chi connectivity index (χ4v) is 3.00. The first-order chi connectivity index (χ1) is 8.68. The molecule has 1 aliphatic rings. The largest absolute Gasteiger partial charge is 0.314 e. The van der Waals surface area contributed by atoms with Gasteiger partial charge in [0, 0.05) is 19.0 Å². The zero-order valence-electron chi connectivity index (χ0n) is 11.9.